The van der Waals surface area contributed by atoms with E-state index in [0.717, 1.165) is 12.1 Å². The predicted octanol–water partition coefficient (Wildman–Crippen LogP) is -0.411. The SMILES string of the molecule is N#CNC(=S)Nc1cccc(C(F)(F)F)c1.[H-].[Na+]. The fourth-order valence-electron chi connectivity index (χ4n) is 0.986. The minimum Gasteiger partial charge on any atom is -1.00 e. The van der Waals surface area contributed by atoms with Gasteiger partial charge in [0.25, 0.3) is 0 Å². The average Bonchev–Trinajstić information content (AvgIpc) is 2.17. The van der Waals surface area contributed by atoms with Gasteiger partial charge in [-0.15, -0.1) is 0 Å². The number of benzene rings is 1. The third kappa shape index (κ3) is 5.37. The number of hydrogen-bond donors (Lipinski definition) is 2. The van der Waals surface area contributed by atoms with Crippen LogP contribution in [-0.2, 0) is 6.18 Å². The maximum Gasteiger partial charge on any atom is 1.00 e. The maximum atomic E-state index is 12.3. The third-order valence-corrected chi connectivity index (χ3v) is 1.82. The molecule has 3 nitrogen and oxygen atoms in total. The zero-order valence-corrected chi connectivity index (χ0v) is 11.6. The molecule has 0 radical (unpaired) electrons. The van der Waals surface area contributed by atoms with Crippen molar-refractivity contribution >= 4 is 23.0 Å². The van der Waals surface area contributed by atoms with Crippen LogP contribution in [0, 0.1) is 11.5 Å². The molecular formula is C9H7F3N3NaS. The van der Waals surface area contributed by atoms with E-state index in [1.54, 1.807) is 6.19 Å². The van der Waals surface area contributed by atoms with E-state index >= 15 is 0 Å². The summed E-state index contributed by atoms with van der Waals surface area (Å²) in [6, 6.07) is 4.53. The summed E-state index contributed by atoms with van der Waals surface area (Å²) in [5.41, 5.74) is -0.611. The first-order valence-electron chi connectivity index (χ1n) is 4.07. The summed E-state index contributed by atoms with van der Waals surface area (Å²) in [4.78, 5) is 0. The van der Waals surface area contributed by atoms with Gasteiger partial charge >= 0.3 is 35.7 Å². The van der Waals surface area contributed by atoms with Gasteiger partial charge in [-0.2, -0.15) is 18.4 Å². The Hall–Kier alpha value is -0.810. The molecule has 86 valence electrons. The Morgan fingerprint density at radius 2 is 2.06 bits per heavy atom. The van der Waals surface area contributed by atoms with Crippen molar-refractivity contribution in [2.45, 2.75) is 6.18 Å². The number of halogens is 3. The second-order valence-corrected chi connectivity index (χ2v) is 3.18. The van der Waals surface area contributed by atoms with Gasteiger partial charge < -0.3 is 6.74 Å². The maximum absolute atomic E-state index is 12.3. The van der Waals surface area contributed by atoms with Crippen LogP contribution in [0.4, 0.5) is 18.9 Å². The summed E-state index contributed by atoms with van der Waals surface area (Å²) in [6.45, 7) is 0. The van der Waals surface area contributed by atoms with Crippen LogP contribution < -0.4 is 40.2 Å². The number of nitrogens with one attached hydrogen (secondary N) is 2. The molecule has 0 atom stereocenters. The van der Waals surface area contributed by atoms with Crippen molar-refractivity contribution in [2.24, 2.45) is 0 Å². The summed E-state index contributed by atoms with van der Waals surface area (Å²) >= 11 is 4.65. The number of nitrogens with zero attached hydrogens (tertiary/aromatic N) is 1. The molecule has 0 spiro atoms. The van der Waals surface area contributed by atoms with Gasteiger partial charge in [-0.3, -0.25) is 5.32 Å². The zero-order chi connectivity index (χ0) is 12.2. The molecule has 0 amide bonds. The summed E-state index contributed by atoms with van der Waals surface area (Å²) in [5, 5.41) is 12.7. The molecule has 0 aliphatic rings. The second-order valence-electron chi connectivity index (χ2n) is 2.77. The van der Waals surface area contributed by atoms with Crippen LogP contribution in [-0.4, -0.2) is 5.11 Å². The summed E-state index contributed by atoms with van der Waals surface area (Å²) in [5.74, 6) is 0. The van der Waals surface area contributed by atoms with E-state index in [1.807, 2.05) is 0 Å². The van der Waals surface area contributed by atoms with Crippen LogP contribution in [0.2, 0.25) is 0 Å². The topological polar surface area (TPSA) is 47.9 Å². The number of hydrogen-bond acceptors (Lipinski definition) is 2. The quantitative estimate of drug-likeness (QED) is 0.315. The van der Waals surface area contributed by atoms with Gasteiger partial charge in [0.05, 0.1) is 5.56 Å². The molecule has 1 rings (SSSR count). The molecule has 0 unspecified atom stereocenters. The zero-order valence-electron chi connectivity index (χ0n) is 9.80. The van der Waals surface area contributed by atoms with E-state index in [1.165, 1.54) is 12.1 Å². The molecule has 8 heteroatoms. The molecule has 0 aliphatic carbocycles. The fraction of sp³-hybridized carbons (Fsp3) is 0.111. The number of alkyl halides is 3. The van der Waals surface area contributed by atoms with Crippen molar-refractivity contribution in [3.8, 4) is 6.19 Å². The molecule has 0 saturated heterocycles. The van der Waals surface area contributed by atoms with Gasteiger partial charge in [-0.25, -0.2) is 0 Å². The van der Waals surface area contributed by atoms with E-state index in [0.29, 0.717) is 0 Å². The molecule has 0 fully saturated rings. The van der Waals surface area contributed by atoms with Gasteiger partial charge in [0.2, 0.25) is 0 Å². The van der Waals surface area contributed by atoms with E-state index in [2.05, 4.69) is 22.9 Å². The van der Waals surface area contributed by atoms with Gasteiger partial charge in [0.1, 0.15) is 0 Å². The first-order chi connectivity index (χ1) is 7.43. The molecular weight excluding hydrogens is 262 g/mol. The smallest absolute Gasteiger partial charge is 1.00 e. The van der Waals surface area contributed by atoms with Crippen LogP contribution in [0.25, 0.3) is 0 Å². The van der Waals surface area contributed by atoms with E-state index in [9.17, 15) is 13.2 Å². The van der Waals surface area contributed by atoms with Crippen LogP contribution in [0.1, 0.15) is 6.99 Å². The molecule has 2 N–H and O–H groups in total. The second kappa shape index (κ2) is 6.81. The molecule has 0 bridgehead atoms. The van der Waals surface area contributed by atoms with Gasteiger partial charge in [0, 0.05) is 5.69 Å². The normalized spacial score (nSPS) is 9.76. The molecule has 0 aliphatic heterocycles. The first kappa shape index (κ1) is 16.2. The van der Waals surface area contributed by atoms with E-state index in [-0.39, 0.29) is 41.8 Å². The Morgan fingerprint density at radius 3 is 2.59 bits per heavy atom. The van der Waals surface area contributed by atoms with Crippen LogP contribution in [0.15, 0.2) is 24.3 Å². The summed E-state index contributed by atoms with van der Waals surface area (Å²) in [7, 11) is 0. The van der Waals surface area contributed by atoms with E-state index in [4.69, 9.17) is 5.26 Å². The van der Waals surface area contributed by atoms with Crippen molar-refractivity contribution in [3.63, 3.8) is 0 Å². The Balaban J connectivity index is 0. The molecule has 0 aromatic heterocycles. The van der Waals surface area contributed by atoms with Gasteiger partial charge in [0.15, 0.2) is 11.3 Å². The monoisotopic (exact) mass is 269 g/mol. The standard InChI is InChI=1S/C9H6F3N3S.Na.H/c10-9(11,12)6-2-1-3-7(4-6)15-8(16)14-5-13;;/h1-4H,(H2,14,15,16);;/q;+1;-1. The molecule has 0 saturated carbocycles. The Kier molecular flexibility index (Phi) is 6.49. The van der Waals surface area contributed by atoms with Crippen LogP contribution in [0.5, 0.6) is 0 Å². The summed E-state index contributed by atoms with van der Waals surface area (Å²) in [6.07, 6.45) is -2.84. The Morgan fingerprint density at radius 1 is 1.41 bits per heavy atom. The average molecular weight is 269 g/mol. The molecule has 1 aromatic carbocycles. The van der Waals surface area contributed by atoms with Crippen molar-refractivity contribution in [1.82, 2.24) is 5.32 Å². The van der Waals surface area contributed by atoms with Crippen molar-refractivity contribution in [1.29, 1.82) is 5.26 Å². The van der Waals surface area contributed by atoms with Crippen molar-refractivity contribution in [3.05, 3.63) is 29.8 Å². The van der Waals surface area contributed by atoms with Crippen molar-refractivity contribution in [2.75, 3.05) is 5.32 Å². The van der Waals surface area contributed by atoms with Crippen LogP contribution in [0.3, 0.4) is 0 Å². The van der Waals surface area contributed by atoms with Gasteiger partial charge in [-0.05, 0) is 30.4 Å². The largest absolute Gasteiger partial charge is 1.00 e. The number of anilines is 1. The van der Waals surface area contributed by atoms with Gasteiger partial charge in [-0.1, -0.05) is 6.07 Å². The molecule has 0 heterocycles. The summed E-state index contributed by atoms with van der Waals surface area (Å²) < 4.78 is 37.0. The minimum absolute atomic E-state index is 0. The third-order valence-electron chi connectivity index (χ3n) is 1.62. The fourth-order valence-corrected chi connectivity index (χ4v) is 1.15. The Bertz CT molecular complexity index is 447. The number of thiocarbonyl (C=S) groups is 1. The van der Waals surface area contributed by atoms with Crippen LogP contribution >= 0.6 is 12.2 Å². The number of rotatable bonds is 1. The van der Waals surface area contributed by atoms with Crippen molar-refractivity contribution < 1.29 is 44.2 Å². The number of nitriles is 1. The predicted molar refractivity (Wildman–Crippen MR) is 57.5 cm³/mol. The first-order valence-corrected chi connectivity index (χ1v) is 4.47. The minimum atomic E-state index is -4.40. The molecule has 17 heavy (non-hydrogen) atoms. The molecule has 1 aromatic rings. The van der Waals surface area contributed by atoms with E-state index < -0.39 is 11.7 Å². The Labute approximate surface area is 125 Å².